The van der Waals surface area contributed by atoms with E-state index in [-0.39, 0.29) is 5.54 Å². The normalized spacial score (nSPS) is 53.4. The van der Waals surface area contributed by atoms with Gasteiger partial charge in [-0.15, -0.1) is 0 Å². The van der Waals surface area contributed by atoms with Crippen LogP contribution in [0, 0.1) is 11.1 Å². The minimum absolute atomic E-state index is 0.183. The molecule has 0 aliphatic carbocycles. The summed E-state index contributed by atoms with van der Waals surface area (Å²) in [6.45, 7) is 3.04. The van der Waals surface area contributed by atoms with Crippen LogP contribution < -0.4 is 16.1 Å². The number of rotatable bonds is 0. The molecule has 2 saturated heterocycles. The molecule has 0 saturated carbocycles. The van der Waals surface area contributed by atoms with E-state index in [0.717, 1.165) is 13.1 Å². The quantitative estimate of drug-likeness (QED) is 0.323. The van der Waals surface area contributed by atoms with Crippen LogP contribution in [0.1, 0.15) is 0 Å². The maximum absolute atomic E-state index is 11.0. The van der Waals surface area contributed by atoms with Gasteiger partial charge in [0.1, 0.15) is 0 Å². The smallest absolute Gasteiger partial charge is 0.0969 e. The Morgan fingerprint density at radius 2 is 2.50 bits per heavy atom. The van der Waals surface area contributed by atoms with Gasteiger partial charge in [-0.1, -0.05) is 0 Å². The summed E-state index contributed by atoms with van der Waals surface area (Å²) in [5, 5.41) is 14.5. The van der Waals surface area contributed by atoms with Crippen LogP contribution in [0.15, 0.2) is 0 Å². The molecule has 0 aromatic rings. The van der Waals surface area contributed by atoms with Gasteiger partial charge in [-0.3, -0.25) is 0 Å². The second kappa shape index (κ2) is 1.92. The molecule has 0 bridgehead atoms. The van der Waals surface area contributed by atoms with E-state index in [9.17, 15) is 5.21 Å². The number of fused-ring (bicyclic) bond motifs is 1. The molecule has 2 rings (SSSR count). The number of hydrogen-bond acceptors (Lipinski definition) is 3. The summed E-state index contributed by atoms with van der Waals surface area (Å²) in [5.74, 6) is 0.417. The van der Waals surface area contributed by atoms with Crippen molar-refractivity contribution in [3.8, 4) is 0 Å². The predicted octanol–water partition coefficient (Wildman–Crippen LogP) is -2.70. The first-order chi connectivity index (χ1) is 4.71. The fraction of sp³-hybridized carbons (Fsp3) is 1.00. The zero-order chi connectivity index (χ0) is 7.19. The van der Waals surface area contributed by atoms with E-state index in [4.69, 9.17) is 5.73 Å². The van der Waals surface area contributed by atoms with E-state index in [1.54, 1.807) is 0 Å². The lowest BCUT2D eigenvalue weighted by Gasteiger charge is -2.20. The topological polar surface area (TPSA) is 65.5 Å². The van der Waals surface area contributed by atoms with Crippen molar-refractivity contribution in [3.63, 3.8) is 0 Å². The van der Waals surface area contributed by atoms with E-state index < -0.39 is 0 Å². The molecule has 0 aromatic carbocycles. The Hall–Kier alpha value is -0.160. The van der Waals surface area contributed by atoms with Gasteiger partial charge in [0.2, 0.25) is 0 Å². The highest BCUT2D eigenvalue weighted by molar-refractivity contribution is 5.01. The van der Waals surface area contributed by atoms with Crippen LogP contribution in [0.25, 0.3) is 0 Å². The summed E-state index contributed by atoms with van der Waals surface area (Å²) in [4.78, 5) is 0. The van der Waals surface area contributed by atoms with Crippen molar-refractivity contribution in [2.24, 2.45) is 11.7 Å². The molecular formula is C6H13N3O. The first kappa shape index (κ1) is 6.54. The molecule has 3 atom stereocenters. The lowest BCUT2D eigenvalue weighted by molar-refractivity contribution is -0.837. The monoisotopic (exact) mass is 143 g/mol. The van der Waals surface area contributed by atoms with Crippen molar-refractivity contribution in [3.05, 3.63) is 5.21 Å². The predicted molar refractivity (Wildman–Crippen MR) is 37.3 cm³/mol. The Labute approximate surface area is 60.0 Å². The lowest BCUT2D eigenvalue weighted by atomic mass is 9.92. The van der Waals surface area contributed by atoms with Crippen molar-refractivity contribution in [1.29, 1.82) is 0 Å². The fourth-order valence-corrected chi connectivity index (χ4v) is 2.02. The minimum atomic E-state index is -0.183. The summed E-state index contributed by atoms with van der Waals surface area (Å²) < 4.78 is 0. The Morgan fingerprint density at radius 1 is 1.70 bits per heavy atom. The van der Waals surface area contributed by atoms with Gasteiger partial charge >= 0.3 is 0 Å². The SMILES string of the molecule is NC12CNCC1C[NH+]([O-])C2. The van der Waals surface area contributed by atoms with E-state index in [0.29, 0.717) is 24.1 Å². The van der Waals surface area contributed by atoms with Crippen LogP contribution in [-0.2, 0) is 0 Å². The van der Waals surface area contributed by atoms with Gasteiger partial charge in [-0.25, -0.2) is 0 Å². The molecule has 0 radical (unpaired) electrons. The van der Waals surface area contributed by atoms with Crippen LogP contribution in [0.3, 0.4) is 0 Å². The number of nitrogens with one attached hydrogen (secondary N) is 2. The summed E-state index contributed by atoms with van der Waals surface area (Å²) >= 11 is 0. The van der Waals surface area contributed by atoms with E-state index in [1.807, 2.05) is 0 Å². The highest BCUT2D eigenvalue weighted by Crippen LogP contribution is 2.19. The van der Waals surface area contributed by atoms with Crippen LogP contribution in [0.4, 0.5) is 0 Å². The number of quaternary nitrogens is 1. The Kier molecular flexibility index (Phi) is 1.25. The molecule has 10 heavy (non-hydrogen) atoms. The van der Waals surface area contributed by atoms with Gasteiger partial charge < -0.3 is 21.3 Å². The van der Waals surface area contributed by atoms with E-state index >= 15 is 0 Å². The first-order valence-electron chi connectivity index (χ1n) is 3.72. The van der Waals surface area contributed by atoms with Gasteiger partial charge in [0.15, 0.2) is 0 Å². The number of nitrogens with two attached hydrogens (primary N) is 1. The van der Waals surface area contributed by atoms with Crippen LogP contribution in [-0.4, -0.2) is 31.7 Å². The molecule has 3 unspecified atom stereocenters. The molecule has 0 amide bonds. The van der Waals surface area contributed by atoms with Gasteiger partial charge in [0.25, 0.3) is 0 Å². The molecule has 0 aromatic heterocycles. The van der Waals surface area contributed by atoms with E-state index in [1.165, 1.54) is 0 Å². The zero-order valence-corrected chi connectivity index (χ0v) is 5.89. The molecular weight excluding hydrogens is 130 g/mol. The third-order valence-electron chi connectivity index (χ3n) is 2.66. The zero-order valence-electron chi connectivity index (χ0n) is 5.89. The van der Waals surface area contributed by atoms with Gasteiger partial charge in [0.05, 0.1) is 18.6 Å². The van der Waals surface area contributed by atoms with Gasteiger partial charge in [0, 0.05) is 19.0 Å². The van der Waals surface area contributed by atoms with Crippen molar-refractivity contribution in [1.82, 2.24) is 5.32 Å². The Morgan fingerprint density at radius 3 is 3.20 bits per heavy atom. The lowest BCUT2D eigenvalue weighted by Crippen LogP contribution is -3.06. The number of hydroxylamine groups is 2. The van der Waals surface area contributed by atoms with E-state index in [2.05, 4.69) is 5.32 Å². The van der Waals surface area contributed by atoms with Crippen molar-refractivity contribution in [2.45, 2.75) is 5.54 Å². The average molecular weight is 143 g/mol. The van der Waals surface area contributed by atoms with Crippen LogP contribution >= 0.6 is 0 Å². The summed E-state index contributed by atoms with van der Waals surface area (Å²) in [5.41, 5.74) is 5.79. The number of hydrogen-bond donors (Lipinski definition) is 3. The maximum Gasteiger partial charge on any atom is 0.0969 e. The largest absolute Gasteiger partial charge is 0.634 e. The third kappa shape index (κ3) is 0.769. The van der Waals surface area contributed by atoms with Gasteiger partial charge in [-0.2, -0.15) is 0 Å². The van der Waals surface area contributed by atoms with Crippen molar-refractivity contribution in [2.75, 3.05) is 26.2 Å². The summed E-state index contributed by atoms with van der Waals surface area (Å²) in [6.07, 6.45) is 0. The molecule has 2 heterocycles. The highest BCUT2D eigenvalue weighted by Gasteiger charge is 2.47. The summed E-state index contributed by atoms with van der Waals surface area (Å²) in [7, 11) is 0. The second-order valence-electron chi connectivity index (χ2n) is 3.48. The Bertz CT molecular complexity index is 152. The van der Waals surface area contributed by atoms with Crippen molar-refractivity contribution < 1.29 is 5.06 Å². The maximum atomic E-state index is 11.0. The molecule has 2 fully saturated rings. The molecule has 2 aliphatic heterocycles. The molecule has 4 heteroatoms. The van der Waals surface area contributed by atoms with Crippen LogP contribution in [0.5, 0.6) is 0 Å². The highest BCUT2D eigenvalue weighted by atomic mass is 16.5. The average Bonchev–Trinajstić information content (AvgIpc) is 2.20. The second-order valence-corrected chi connectivity index (χ2v) is 3.48. The molecule has 4 N–H and O–H groups in total. The molecule has 4 nitrogen and oxygen atoms in total. The first-order valence-corrected chi connectivity index (χ1v) is 3.72. The molecule has 2 aliphatic rings. The molecule has 58 valence electrons. The minimum Gasteiger partial charge on any atom is -0.634 e. The Balaban J connectivity index is 2.15. The summed E-state index contributed by atoms with van der Waals surface area (Å²) in [6, 6.07) is 0. The van der Waals surface area contributed by atoms with Crippen molar-refractivity contribution >= 4 is 0 Å². The third-order valence-corrected chi connectivity index (χ3v) is 2.66. The van der Waals surface area contributed by atoms with Crippen LogP contribution in [0.2, 0.25) is 0 Å². The fourth-order valence-electron chi connectivity index (χ4n) is 2.02. The van der Waals surface area contributed by atoms with Gasteiger partial charge in [-0.05, 0) is 0 Å². The molecule has 0 spiro atoms. The standard InChI is InChI=1S/C6H13N3O/c7-6-3-8-1-5(6)2-9(10)4-6/h5,8-9H,1-4,7H2.